The first-order valence-corrected chi connectivity index (χ1v) is 16.7. The van der Waals surface area contributed by atoms with Crippen molar-refractivity contribution in [3.63, 3.8) is 0 Å². The van der Waals surface area contributed by atoms with Gasteiger partial charge in [-0.15, -0.1) is 0 Å². The third-order valence-corrected chi connectivity index (χ3v) is 9.60. The summed E-state index contributed by atoms with van der Waals surface area (Å²) in [4.78, 5) is 29.4. The van der Waals surface area contributed by atoms with Gasteiger partial charge in [0.15, 0.2) is 0 Å². The van der Waals surface area contributed by atoms with Crippen molar-refractivity contribution < 1.29 is 22.8 Å². The van der Waals surface area contributed by atoms with Crippen molar-refractivity contribution in [2.75, 3.05) is 31.5 Å². The van der Waals surface area contributed by atoms with Gasteiger partial charge in [-0.05, 0) is 72.2 Å². The molecular weight excluding hydrogens is 613 g/mol. The Hall–Kier alpha value is -4.63. The Morgan fingerprint density at radius 2 is 1.38 bits per heavy atom. The molecule has 2 amide bonds. The second-order valence-corrected chi connectivity index (χ2v) is 12.7. The number of hydrogen-bond donors (Lipinski definition) is 3. The lowest BCUT2D eigenvalue weighted by Gasteiger charge is -2.33. The second-order valence-electron chi connectivity index (χ2n) is 12.7. The zero-order valence-electron chi connectivity index (χ0n) is 26.9. The number of para-hydroxylation sites is 1. The molecule has 0 atom stereocenters. The predicted molar refractivity (Wildman–Crippen MR) is 183 cm³/mol. The van der Waals surface area contributed by atoms with E-state index in [4.69, 9.17) is 0 Å². The molecule has 4 aromatic rings. The fourth-order valence-electron chi connectivity index (χ4n) is 7.20. The Kier molecular flexibility index (Phi) is 10.2. The molecule has 6 rings (SSSR count). The summed E-state index contributed by atoms with van der Waals surface area (Å²) in [5.74, 6) is -0.693. The molecule has 3 N–H and O–H groups in total. The van der Waals surface area contributed by atoms with Crippen LogP contribution in [0.3, 0.4) is 0 Å². The normalized spacial score (nSPS) is 15.7. The van der Waals surface area contributed by atoms with E-state index < -0.39 is 24.0 Å². The van der Waals surface area contributed by atoms with Crippen molar-refractivity contribution in [1.29, 1.82) is 0 Å². The molecule has 9 heteroatoms. The van der Waals surface area contributed by atoms with Crippen molar-refractivity contribution in [1.82, 2.24) is 15.5 Å². The number of carbonyl (C=O) groups excluding carboxylic acids is 2. The number of hydrogen-bond acceptors (Lipinski definition) is 4. The largest absolute Gasteiger partial charge is 0.405 e. The van der Waals surface area contributed by atoms with Crippen LogP contribution in [0.5, 0.6) is 0 Å². The summed E-state index contributed by atoms with van der Waals surface area (Å²) in [7, 11) is 0. The molecule has 48 heavy (non-hydrogen) atoms. The molecule has 1 heterocycles. The number of unbranched alkanes of at least 4 members (excludes halogenated alkanes) is 1. The highest BCUT2D eigenvalue weighted by Gasteiger charge is 2.49. The van der Waals surface area contributed by atoms with E-state index in [0.29, 0.717) is 24.9 Å². The molecule has 1 aliphatic heterocycles. The number of carbonyl (C=O) groups is 2. The molecule has 0 spiro atoms. The number of nitrogens with one attached hydrogen (secondary N) is 3. The zero-order chi connectivity index (χ0) is 33.6. The summed E-state index contributed by atoms with van der Waals surface area (Å²) < 4.78 is 39.5. The van der Waals surface area contributed by atoms with E-state index in [1.54, 1.807) is 0 Å². The molecule has 0 radical (unpaired) electrons. The molecule has 6 nitrogen and oxygen atoms in total. The van der Waals surface area contributed by atoms with Gasteiger partial charge < -0.3 is 20.9 Å². The minimum Gasteiger partial charge on any atom is -0.380 e. The second kappa shape index (κ2) is 14.6. The van der Waals surface area contributed by atoms with Crippen LogP contribution >= 0.6 is 0 Å². The van der Waals surface area contributed by atoms with Gasteiger partial charge in [-0.3, -0.25) is 9.59 Å². The van der Waals surface area contributed by atoms with Gasteiger partial charge in [-0.1, -0.05) is 97.4 Å². The molecule has 0 saturated carbocycles. The Labute approximate surface area is 279 Å². The van der Waals surface area contributed by atoms with Gasteiger partial charge in [0.25, 0.3) is 5.91 Å². The smallest absolute Gasteiger partial charge is 0.380 e. The third-order valence-electron chi connectivity index (χ3n) is 9.60. The maximum Gasteiger partial charge on any atom is 0.405 e. The number of rotatable bonds is 12. The molecule has 0 unspecified atom stereocenters. The summed E-state index contributed by atoms with van der Waals surface area (Å²) in [5.41, 5.74) is 4.70. The zero-order valence-corrected chi connectivity index (χ0v) is 26.9. The summed E-state index contributed by atoms with van der Waals surface area (Å²) in [6.07, 6.45) is -0.953. The molecule has 1 aliphatic carbocycles. The first-order valence-electron chi connectivity index (χ1n) is 16.7. The van der Waals surface area contributed by atoms with E-state index in [-0.39, 0.29) is 11.9 Å². The van der Waals surface area contributed by atoms with Crippen LogP contribution in [0.25, 0.3) is 11.1 Å². The van der Waals surface area contributed by atoms with Crippen LogP contribution in [-0.2, 0) is 16.8 Å². The molecular formula is C39H41F3N4O2. The van der Waals surface area contributed by atoms with Gasteiger partial charge >= 0.3 is 6.18 Å². The van der Waals surface area contributed by atoms with E-state index in [2.05, 4.69) is 20.9 Å². The number of nitrogens with zero attached hydrogens (tertiary/aromatic N) is 1. The summed E-state index contributed by atoms with van der Waals surface area (Å²) in [5, 5.41) is 8.84. The van der Waals surface area contributed by atoms with Gasteiger partial charge in [0.1, 0.15) is 12.0 Å². The lowest BCUT2D eigenvalue weighted by atomic mass is 9.73. The molecule has 4 aromatic carbocycles. The SMILES string of the molecule is O=C(NC1CCN(CCCCC2(C(=O)NCC(F)(F)F)c3ccccc3-c3ccccc32)CC1)c1ccccc1NCc1ccccc1. The minimum absolute atomic E-state index is 0.0722. The van der Waals surface area contributed by atoms with Crippen LogP contribution < -0.4 is 16.0 Å². The van der Waals surface area contributed by atoms with Crippen molar-refractivity contribution in [2.45, 2.75) is 56.3 Å². The number of piperidine rings is 1. The Balaban J connectivity index is 1.03. The van der Waals surface area contributed by atoms with Crippen molar-refractivity contribution in [2.24, 2.45) is 0 Å². The van der Waals surface area contributed by atoms with Crippen LogP contribution in [0.4, 0.5) is 18.9 Å². The standard InChI is InChI=1S/C39H41F3N4O2/c40-39(41,42)27-44-37(48)38(33-17-7-4-14-30(33)31-15-5-8-18-34(31)38)22-10-11-23-46-24-20-29(21-25-46)45-36(47)32-16-6-9-19-35(32)43-26-28-12-2-1-3-13-28/h1-9,12-19,29,43H,10-11,20-27H2,(H,44,48)(H,45,47). The van der Waals surface area contributed by atoms with E-state index in [9.17, 15) is 22.8 Å². The molecule has 1 saturated heterocycles. The predicted octanol–water partition coefficient (Wildman–Crippen LogP) is 7.31. The van der Waals surface area contributed by atoms with E-state index in [0.717, 1.165) is 72.4 Å². The van der Waals surface area contributed by atoms with E-state index in [1.807, 2.05) is 103 Å². The first kappa shape index (κ1) is 33.3. The number of halogens is 3. The van der Waals surface area contributed by atoms with Crippen LogP contribution in [0.1, 0.15) is 59.2 Å². The maximum atomic E-state index is 13.7. The van der Waals surface area contributed by atoms with Gasteiger partial charge in [0.2, 0.25) is 5.91 Å². The monoisotopic (exact) mass is 654 g/mol. The van der Waals surface area contributed by atoms with Crippen LogP contribution in [-0.4, -0.2) is 55.1 Å². The Bertz CT molecular complexity index is 1670. The summed E-state index contributed by atoms with van der Waals surface area (Å²) >= 11 is 0. The number of likely N-dealkylation sites (tertiary alicyclic amines) is 1. The lowest BCUT2D eigenvalue weighted by Crippen LogP contribution is -2.47. The molecule has 0 aromatic heterocycles. The van der Waals surface area contributed by atoms with E-state index >= 15 is 0 Å². The number of fused-ring (bicyclic) bond motifs is 3. The van der Waals surface area contributed by atoms with Gasteiger partial charge in [-0.2, -0.15) is 13.2 Å². The maximum absolute atomic E-state index is 13.7. The fourth-order valence-corrected chi connectivity index (χ4v) is 7.20. The average molecular weight is 655 g/mol. The van der Waals surface area contributed by atoms with Crippen LogP contribution in [0.15, 0.2) is 103 Å². The molecule has 250 valence electrons. The Morgan fingerprint density at radius 1 is 0.771 bits per heavy atom. The van der Waals surface area contributed by atoms with Crippen molar-refractivity contribution in [3.05, 3.63) is 125 Å². The van der Waals surface area contributed by atoms with Gasteiger partial charge in [0, 0.05) is 31.4 Å². The van der Waals surface area contributed by atoms with E-state index in [1.165, 1.54) is 0 Å². The topological polar surface area (TPSA) is 73.5 Å². The highest BCUT2D eigenvalue weighted by Crippen LogP contribution is 2.51. The fraction of sp³-hybridized carbons (Fsp3) is 0.333. The lowest BCUT2D eigenvalue weighted by molar-refractivity contribution is -0.141. The number of amides is 2. The quantitative estimate of drug-likeness (QED) is 0.140. The van der Waals surface area contributed by atoms with Crippen LogP contribution in [0.2, 0.25) is 0 Å². The minimum atomic E-state index is -4.50. The molecule has 0 bridgehead atoms. The average Bonchev–Trinajstić information content (AvgIpc) is 3.39. The Morgan fingerprint density at radius 3 is 2.04 bits per heavy atom. The first-order chi connectivity index (χ1) is 23.2. The van der Waals surface area contributed by atoms with Gasteiger partial charge in [-0.25, -0.2) is 0 Å². The third kappa shape index (κ3) is 7.41. The molecule has 1 fully saturated rings. The van der Waals surface area contributed by atoms with Crippen molar-refractivity contribution >= 4 is 17.5 Å². The summed E-state index contributed by atoms with van der Waals surface area (Å²) in [6.45, 7) is 1.75. The van der Waals surface area contributed by atoms with Crippen LogP contribution in [0, 0.1) is 0 Å². The van der Waals surface area contributed by atoms with Crippen molar-refractivity contribution in [3.8, 4) is 11.1 Å². The number of alkyl halides is 3. The molecule has 2 aliphatic rings. The van der Waals surface area contributed by atoms with Gasteiger partial charge in [0.05, 0.1) is 5.56 Å². The highest BCUT2D eigenvalue weighted by molar-refractivity contribution is 6.01. The highest BCUT2D eigenvalue weighted by atomic mass is 19.4. The number of benzene rings is 4. The number of anilines is 1. The summed E-state index contributed by atoms with van der Waals surface area (Å²) in [6, 6.07) is 32.8.